The van der Waals surface area contributed by atoms with Crippen LogP contribution in [0, 0.1) is 13.8 Å². The topological polar surface area (TPSA) is 29.1 Å². The zero-order valence-corrected chi connectivity index (χ0v) is 18.6. The minimum Gasteiger partial charge on any atom is -0.322 e. The molecule has 2 nitrogen and oxygen atoms in total. The zero-order valence-electron chi connectivity index (χ0n) is 14.8. The number of hydrogen-bond acceptors (Lipinski definition) is 1. The van der Waals surface area contributed by atoms with Gasteiger partial charge < -0.3 is 5.32 Å². The second-order valence-electron chi connectivity index (χ2n) is 7.22. The van der Waals surface area contributed by atoms with Crippen molar-refractivity contribution in [2.45, 2.75) is 58.0 Å². The molecule has 1 aromatic rings. The second-order valence-corrected chi connectivity index (χ2v) is 11.9. The van der Waals surface area contributed by atoms with Crippen molar-refractivity contribution in [3.05, 3.63) is 29.3 Å². The van der Waals surface area contributed by atoms with Gasteiger partial charge >= 0.3 is 0 Å². The van der Waals surface area contributed by atoms with E-state index in [-0.39, 0.29) is 37.9 Å². The van der Waals surface area contributed by atoms with Crippen LogP contribution >= 0.6 is 7.26 Å². The summed E-state index contributed by atoms with van der Waals surface area (Å²) < 4.78 is 0. The summed E-state index contributed by atoms with van der Waals surface area (Å²) in [6.45, 7) is 6.53. The third kappa shape index (κ3) is 3.21. The molecular formula is C19H29NOPY+. The van der Waals surface area contributed by atoms with Crippen molar-refractivity contribution in [3.63, 3.8) is 0 Å². The minimum absolute atomic E-state index is 0. The van der Waals surface area contributed by atoms with Gasteiger partial charge in [0.1, 0.15) is 0 Å². The summed E-state index contributed by atoms with van der Waals surface area (Å²) in [4.78, 5) is 13.3. The summed E-state index contributed by atoms with van der Waals surface area (Å²) in [5, 5.41) is 3.35. The Kier molecular flexibility index (Phi) is 6.48. The fraction of sp³-hybridized carbons (Fsp3) is 0.632. The number of benzene rings is 1. The molecular weight excluding hydrogens is 378 g/mol. The van der Waals surface area contributed by atoms with E-state index in [0.29, 0.717) is 5.91 Å². The molecule has 0 atom stereocenters. The molecule has 0 aromatic heterocycles. The number of carbonyl (C=O) groups is 1. The van der Waals surface area contributed by atoms with E-state index in [1.54, 1.807) is 0 Å². The predicted octanol–water partition coefficient (Wildman–Crippen LogP) is 4.99. The summed E-state index contributed by atoms with van der Waals surface area (Å²) in [5.41, 5.74) is 3.41. The Morgan fingerprint density at radius 3 is 2.13 bits per heavy atom. The van der Waals surface area contributed by atoms with Gasteiger partial charge in [0.2, 0.25) is 0 Å². The van der Waals surface area contributed by atoms with Gasteiger partial charge in [-0.15, -0.1) is 0 Å². The van der Waals surface area contributed by atoms with Gasteiger partial charge in [-0.05, 0) is 64.0 Å². The third-order valence-electron chi connectivity index (χ3n) is 6.26. The Hall–Kier alpha value is 0.224. The molecule has 1 radical (unpaired) electrons. The molecule has 1 saturated heterocycles. The van der Waals surface area contributed by atoms with Gasteiger partial charge in [0.15, 0.2) is 5.16 Å². The van der Waals surface area contributed by atoms with Gasteiger partial charge in [0.05, 0.1) is 18.5 Å². The molecule has 0 unspecified atom stereocenters. The second kappa shape index (κ2) is 7.63. The smallest absolute Gasteiger partial charge is 0.268 e. The first-order chi connectivity index (χ1) is 10.5. The summed E-state index contributed by atoms with van der Waals surface area (Å²) in [5.74, 6) is 0.341. The molecule has 23 heavy (non-hydrogen) atoms. The van der Waals surface area contributed by atoms with Crippen molar-refractivity contribution in [1.29, 1.82) is 0 Å². The van der Waals surface area contributed by atoms with Crippen molar-refractivity contribution in [2.24, 2.45) is 0 Å². The number of nitrogens with one attached hydrogen (secondary N) is 1. The quantitative estimate of drug-likeness (QED) is 0.700. The van der Waals surface area contributed by atoms with Crippen LogP contribution in [-0.2, 0) is 37.5 Å². The van der Waals surface area contributed by atoms with Gasteiger partial charge in [-0.25, -0.2) is 0 Å². The van der Waals surface area contributed by atoms with Crippen LogP contribution in [0.5, 0.6) is 0 Å². The molecule has 1 aromatic carbocycles. The Labute approximate surface area is 166 Å². The molecule has 1 amide bonds. The molecule has 1 aliphatic carbocycles. The average Bonchev–Trinajstić information content (AvgIpc) is 2.92. The van der Waals surface area contributed by atoms with Gasteiger partial charge in [-0.3, -0.25) is 4.79 Å². The SMILES string of the molecule is CC[P+]1(C2(C(=O)Nc3c(C)cccc3C)CCC2)CCCC1.[Y]. The Balaban J connectivity index is 0.00000192. The predicted molar refractivity (Wildman–Crippen MR) is 97.6 cm³/mol. The van der Waals surface area contributed by atoms with Crippen LogP contribution < -0.4 is 5.32 Å². The minimum atomic E-state index is -1.10. The van der Waals surface area contributed by atoms with E-state index < -0.39 is 7.26 Å². The molecule has 1 N–H and O–H groups in total. The summed E-state index contributed by atoms with van der Waals surface area (Å²) >= 11 is 0. The van der Waals surface area contributed by atoms with Crippen LogP contribution in [0.25, 0.3) is 0 Å². The molecule has 1 heterocycles. The van der Waals surface area contributed by atoms with Gasteiger partial charge in [-0.1, -0.05) is 18.2 Å². The largest absolute Gasteiger partial charge is 0.322 e. The number of aryl methyl sites for hydroxylation is 2. The fourth-order valence-corrected chi connectivity index (χ4v) is 10.4. The number of rotatable bonds is 4. The van der Waals surface area contributed by atoms with Crippen LogP contribution in [0.1, 0.15) is 50.2 Å². The normalized spacial score (nSPS) is 21.2. The van der Waals surface area contributed by atoms with Crippen LogP contribution in [0.15, 0.2) is 18.2 Å². The van der Waals surface area contributed by atoms with E-state index in [4.69, 9.17) is 0 Å². The van der Waals surface area contributed by atoms with Crippen molar-refractivity contribution in [2.75, 3.05) is 23.8 Å². The van der Waals surface area contributed by atoms with E-state index in [1.807, 2.05) is 0 Å². The van der Waals surface area contributed by atoms with Crippen molar-refractivity contribution >= 4 is 18.9 Å². The number of anilines is 1. The van der Waals surface area contributed by atoms with E-state index in [9.17, 15) is 4.79 Å². The van der Waals surface area contributed by atoms with E-state index in [2.05, 4.69) is 44.3 Å². The number of hydrogen-bond donors (Lipinski definition) is 1. The number of para-hydroxylation sites is 1. The maximum absolute atomic E-state index is 13.3. The maximum atomic E-state index is 13.3. The fourth-order valence-electron chi connectivity index (χ4n) is 4.66. The van der Waals surface area contributed by atoms with Crippen molar-refractivity contribution in [1.82, 2.24) is 0 Å². The molecule has 1 aliphatic heterocycles. The Morgan fingerprint density at radius 1 is 1.13 bits per heavy atom. The van der Waals surface area contributed by atoms with E-state index >= 15 is 0 Å². The first-order valence-electron chi connectivity index (χ1n) is 8.78. The summed E-state index contributed by atoms with van der Waals surface area (Å²) in [6, 6.07) is 6.25. The molecule has 2 aliphatic rings. The monoisotopic (exact) mass is 407 g/mol. The molecule has 2 fully saturated rings. The van der Waals surface area contributed by atoms with Crippen LogP contribution in [-0.4, -0.2) is 29.5 Å². The average molecular weight is 407 g/mol. The van der Waals surface area contributed by atoms with Crippen LogP contribution in [0.3, 0.4) is 0 Å². The molecule has 123 valence electrons. The molecule has 3 rings (SSSR count). The molecule has 0 spiro atoms. The van der Waals surface area contributed by atoms with E-state index in [0.717, 1.165) is 18.5 Å². The first-order valence-corrected chi connectivity index (χ1v) is 11.1. The van der Waals surface area contributed by atoms with Crippen molar-refractivity contribution < 1.29 is 37.5 Å². The Morgan fingerprint density at radius 2 is 1.70 bits per heavy atom. The summed E-state index contributed by atoms with van der Waals surface area (Å²) in [6.07, 6.45) is 10.2. The van der Waals surface area contributed by atoms with Crippen LogP contribution in [0.4, 0.5) is 5.69 Å². The molecule has 4 heteroatoms. The van der Waals surface area contributed by atoms with Gasteiger partial charge in [0.25, 0.3) is 5.91 Å². The van der Waals surface area contributed by atoms with Gasteiger partial charge in [-0.2, -0.15) is 0 Å². The van der Waals surface area contributed by atoms with E-state index in [1.165, 1.54) is 48.9 Å². The Bertz CT molecular complexity index is 556. The standard InChI is InChI=1S/C19H28NOP.Y/c1-4-22(13-5-6-14-22)19(11-8-12-19)18(21)20-17-15(2)9-7-10-16(17)3;/h7,9-10H,4-6,8,11-14H2,1-3H3;/p+1. The third-order valence-corrected chi connectivity index (χ3v) is 12.3. The zero-order chi connectivity index (χ0) is 15.8. The molecule has 0 bridgehead atoms. The number of amides is 1. The summed E-state index contributed by atoms with van der Waals surface area (Å²) in [7, 11) is -1.10. The molecule has 1 saturated carbocycles. The van der Waals surface area contributed by atoms with Crippen molar-refractivity contribution in [3.8, 4) is 0 Å². The number of carbonyl (C=O) groups excluding carboxylic acids is 1. The maximum Gasteiger partial charge on any atom is 0.268 e. The van der Waals surface area contributed by atoms with Crippen LogP contribution in [0.2, 0.25) is 0 Å². The van der Waals surface area contributed by atoms with Gasteiger partial charge in [0, 0.05) is 45.7 Å². The first kappa shape index (κ1) is 19.5.